The van der Waals surface area contributed by atoms with Crippen molar-refractivity contribution in [3.8, 4) is 0 Å². The van der Waals surface area contributed by atoms with Gasteiger partial charge >= 0.3 is 0 Å². The topological polar surface area (TPSA) is 6.48 Å². The summed E-state index contributed by atoms with van der Waals surface area (Å²) in [6.45, 7) is 7.28. The molecule has 3 rings (SSSR count). The summed E-state index contributed by atoms with van der Waals surface area (Å²) >= 11 is 3.56. The van der Waals surface area contributed by atoms with E-state index in [0.717, 1.165) is 12.6 Å². The minimum Gasteiger partial charge on any atom is -0.298 e. The normalized spacial score (nSPS) is 29.4. The second kappa shape index (κ2) is 5.32. The van der Waals surface area contributed by atoms with Crippen LogP contribution in [-0.4, -0.2) is 41.5 Å². The number of hydrogen-bond donors (Lipinski definition) is 0. The summed E-state index contributed by atoms with van der Waals surface area (Å²) in [5.74, 6) is 0. The molecule has 2 fully saturated rings. The van der Waals surface area contributed by atoms with Gasteiger partial charge in [0.05, 0.1) is 0 Å². The number of nitrogens with zero attached hydrogens (tertiary/aromatic N) is 2. The second-order valence-corrected chi connectivity index (χ2v) is 6.50. The summed E-state index contributed by atoms with van der Waals surface area (Å²) in [4.78, 5) is 5.33. The lowest BCUT2D eigenvalue weighted by molar-refractivity contribution is 0.0470. The van der Waals surface area contributed by atoms with Gasteiger partial charge in [0.15, 0.2) is 0 Å². The Labute approximate surface area is 118 Å². The first-order chi connectivity index (χ1) is 8.74. The molecular weight excluding hydrogens is 288 g/mol. The molecule has 2 nitrogen and oxygen atoms in total. The Bertz CT molecular complexity index is 421. The van der Waals surface area contributed by atoms with E-state index in [4.69, 9.17) is 0 Å². The van der Waals surface area contributed by atoms with Gasteiger partial charge in [-0.05, 0) is 44.0 Å². The number of benzene rings is 1. The Hall–Kier alpha value is -0.380. The number of halogens is 1. The highest BCUT2D eigenvalue weighted by Crippen LogP contribution is 2.27. The van der Waals surface area contributed by atoms with E-state index in [9.17, 15) is 0 Å². The second-order valence-electron chi connectivity index (χ2n) is 5.59. The Balaban J connectivity index is 1.69. The fourth-order valence-corrected chi connectivity index (χ4v) is 3.92. The van der Waals surface area contributed by atoms with E-state index < -0.39 is 0 Å². The molecule has 0 bridgehead atoms. The van der Waals surface area contributed by atoms with Crippen LogP contribution in [0.25, 0.3) is 0 Å². The van der Waals surface area contributed by atoms with Crippen molar-refractivity contribution in [2.24, 2.45) is 0 Å². The molecule has 0 saturated carbocycles. The smallest absolute Gasteiger partial charge is 0.0250 e. The van der Waals surface area contributed by atoms with Crippen LogP contribution in [0.1, 0.15) is 25.3 Å². The average Bonchev–Trinajstić information content (AvgIpc) is 2.82. The zero-order chi connectivity index (χ0) is 12.5. The van der Waals surface area contributed by atoms with Crippen LogP contribution in [0.2, 0.25) is 0 Å². The third kappa shape index (κ3) is 2.49. The Morgan fingerprint density at radius 3 is 3.00 bits per heavy atom. The minimum atomic E-state index is 0.695. The summed E-state index contributed by atoms with van der Waals surface area (Å²) in [6, 6.07) is 10.2. The largest absolute Gasteiger partial charge is 0.298 e. The average molecular weight is 309 g/mol. The van der Waals surface area contributed by atoms with Gasteiger partial charge in [0, 0.05) is 36.2 Å². The van der Waals surface area contributed by atoms with E-state index in [2.05, 4.69) is 56.9 Å². The van der Waals surface area contributed by atoms with Crippen LogP contribution in [0.3, 0.4) is 0 Å². The quantitative estimate of drug-likeness (QED) is 0.828. The van der Waals surface area contributed by atoms with Gasteiger partial charge in [-0.3, -0.25) is 9.80 Å². The maximum atomic E-state index is 3.56. The molecule has 0 aliphatic carbocycles. The number of fused-ring (bicyclic) bond motifs is 1. The van der Waals surface area contributed by atoms with Crippen LogP contribution >= 0.6 is 15.9 Å². The number of rotatable bonds is 2. The van der Waals surface area contributed by atoms with Crippen LogP contribution in [0.4, 0.5) is 0 Å². The molecule has 2 atom stereocenters. The Kier molecular flexibility index (Phi) is 3.73. The van der Waals surface area contributed by atoms with E-state index in [1.807, 2.05) is 0 Å². The summed E-state index contributed by atoms with van der Waals surface area (Å²) in [5.41, 5.74) is 1.42. The van der Waals surface area contributed by atoms with Crippen molar-refractivity contribution < 1.29 is 0 Å². The molecule has 0 unspecified atom stereocenters. The lowest BCUT2D eigenvalue weighted by Gasteiger charge is -2.43. The predicted octanol–water partition coefficient (Wildman–Crippen LogP) is 3.12. The maximum absolute atomic E-state index is 3.56. The highest BCUT2D eigenvalue weighted by atomic mass is 79.9. The maximum Gasteiger partial charge on any atom is 0.0250 e. The van der Waals surface area contributed by atoms with Crippen molar-refractivity contribution in [2.45, 2.75) is 38.4 Å². The number of hydrogen-bond acceptors (Lipinski definition) is 2. The van der Waals surface area contributed by atoms with Gasteiger partial charge in [-0.25, -0.2) is 0 Å². The minimum absolute atomic E-state index is 0.695. The molecule has 18 heavy (non-hydrogen) atoms. The zero-order valence-corrected chi connectivity index (χ0v) is 12.6. The van der Waals surface area contributed by atoms with Gasteiger partial charge in [-0.15, -0.1) is 0 Å². The van der Waals surface area contributed by atoms with Gasteiger partial charge in [-0.1, -0.05) is 28.1 Å². The molecule has 2 aliphatic heterocycles. The molecule has 2 saturated heterocycles. The molecule has 0 N–H and O–H groups in total. The van der Waals surface area contributed by atoms with Crippen LogP contribution in [0.5, 0.6) is 0 Å². The summed E-state index contributed by atoms with van der Waals surface area (Å²) in [6.07, 6.45) is 2.77. The van der Waals surface area contributed by atoms with Crippen LogP contribution < -0.4 is 0 Å². The monoisotopic (exact) mass is 308 g/mol. The molecule has 2 aliphatic rings. The Morgan fingerprint density at radius 1 is 1.28 bits per heavy atom. The molecule has 2 heterocycles. The van der Waals surface area contributed by atoms with Gasteiger partial charge in [-0.2, -0.15) is 0 Å². The molecule has 0 radical (unpaired) electrons. The van der Waals surface area contributed by atoms with Crippen molar-refractivity contribution in [1.82, 2.24) is 9.80 Å². The standard InChI is InChI=1S/C15H21BrN2/c1-12-15-6-3-7-17(15)8-9-18(12)11-13-4-2-5-14(16)10-13/h2,4-5,10,12,15H,3,6-9,11H2,1H3/t12-,15-/m0/s1. The highest BCUT2D eigenvalue weighted by Gasteiger charge is 2.36. The SMILES string of the molecule is C[C@H]1[C@@H]2CCCN2CCN1Cc1cccc(Br)c1. The molecule has 0 spiro atoms. The van der Waals surface area contributed by atoms with Gasteiger partial charge in [0.25, 0.3) is 0 Å². The first kappa shape index (κ1) is 12.6. The molecule has 0 amide bonds. The molecule has 3 heteroatoms. The van der Waals surface area contributed by atoms with Gasteiger partial charge in [0.1, 0.15) is 0 Å². The van der Waals surface area contributed by atoms with E-state index in [1.54, 1.807) is 0 Å². The summed E-state index contributed by atoms with van der Waals surface area (Å²) in [5, 5.41) is 0. The first-order valence-corrected chi connectivity index (χ1v) is 7.76. The summed E-state index contributed by atoms with van der Waals surface area (Å²) < 4.78 is 1.19. The highest BCUT2D eigenvalue weighted by molar-refractivity contribution is 9.10. The molecular formula is C15H21BrN2. The number of piperazine rings is 1. The predicted molar refractivity (Wildman–Crippen MR) is 78.6 cm³/mol. The van der Waals surface area contributed by atoms with Crippen LogP contribution in [0, 0.1) is 0 Å². The lowest BCUT2D eigenvalue weighted by atomic mass is 10.0. The Morgan fingerprint density at radius 2 is 2.17 bits per heavy atom. The van der Waals surface area contributed by atoms with Gasteiger partial charge < -0.3 is 0 Å². The van der Waals surface area contributed by atoms with Crippen molar-refractivity contribution in [2.75, 3.05) is 19.6 Å². The zero-order valence-electron chi connectivity index (χ0n) is 11.0. The third-order valence-corrected chi connectivity index (χ3v) is 4.99. The lowest BCUT2D eigenvalue weighted by Crippen LogP contribution is -2.55. The van der Waals surface area contributed by atoms with Crippen molar-refractivity contribution in [3.63, 3.8) is 0 Å². The van der Waals surface area contributed by atoms with Crippen LogP contribution in [-0.2, 0) is 6.54 Å². The van der Waals surface area contributed by atoms with E-state index in [1.165, 1.54) is 42.5 Å². The molecule has 98 valence electrons. The van der Waals surface area contributed by atoms with E-state index in [0.29, 0.717) is 6.04 Å². The molecule has 0 aromatic heterocycles. The molecule has 1 aromatic carbocycles. The van der Waals surface area contributed by atoms with Crippen molar-refractivity contribution in [1.29, 1.82) is 0 Å². The fourth-order valence-electron chi connectivity index (χ4n) is 3.47. The van der Waals surface area contributed by atoms with E-state index >= 15 is 0 Å². The summed E-state index contributed by atoms with van der Waals surface area (Å²) in [7, 11) is 0. The molecule has 1 aromatic rings. The van der Waals surface area contributed by atoms with Crippen molar-refractivity contribution in [3.05, 3.63) is 34.3 Å². The fraction of sp³-hybridized carbons (Fsp3) is 0.600. The van der Waals surface area contributed by atoms with Crippen molar-refractivity contribution >= 4 is 15.9 Å². The third-order valence-electron chi connectivity index (χ3n) is 4.50. The van der Waals surface area contributed by atoms with Crippen LogP contribution in [0.15, 0.2) is 28.7 Å². The van der Waals surface area contributed by atoms with Gasteiger partial charge in [0.2, 0.25) is 0 Å². The van der Waals surface area contributed by atoms with E-state index in [-0.39, 0.29) is 0 Å². The first-order valence-electron chi connectivity index (χ1n) is 6.96.